The first-order chi connectivity index (χ1) is 27.7. The highest BCUT2D eigenvalue weighted by molar-refractivity contribution is 6.16. The van der Waals surface area contributed by atoms with Crippen molar-refractivity contribution in [2.75, 3.05) is 0 Å². The van der Waals surface area contributed by atoms with Gasteiger partial charge in [-0.2, -0.15) is 10.5 Å². The lowest BCUT2D eigenvalue weighted by molar-refractivity contribution is 0.665. The molecule has 0 aliphatic heterocycles. The van der Waals surface area contributed by atoms with Gasteiger partial charge in [-0.25, -0.2) is 0 Å². The number of nitrogens with zero attached hydrogens (tertiary/aromatic N) is 4. The van der Waals surface area contributed by atoms with Crippen LogP contribution in [0.3, 0.4) is 0 Å². The number of hydrogen-bond acceptors (Lipinski definition) is 4. The number of fused-ring (bicyclic) bond motifs is 12. The van der Waals surface area contributed by atoms with Crippen LogP contribution in [0.15, 0.2) is 167 Å². The molecule has 0 spiro atoms. The van der Waals surface area contributed by atoms with E-state index in [4.69, 9.17) is 8.83 Å². The van der Waals surface area contributed by atoms with Crippen molar-refractivity contribution < 1.29 is 8.83 Å². The first-order valence-corrected chi connectivity index (χ1v) is 18.5. The highest BCUT2D eigenvalue weighted by Crippen LogP contribution is 2.43. The Hall–Kier alpha value is -8.06. The highest BCUT2D eigenvalue weighted by atomic mass is 16.3. The Morgan fingerprint density at radius 2 is 0.786 bits per heavy atom. The molecule has 4 heterocycles. The fourth-order valence-corrected chi connectivity index (χ4v) is 8.92. The monoisotopic (exact) mass is 714 g/mol. The maximum absolute atomic E-state index is 9.63. The number of hydrogen-bond donors (Lipinski definition) is 0. The van der Waals surface area contributed by atoms with Crippen molar-refractivity contribution in [3.63, 3.8) is 0 Å². The molecular formula is C50H26N4O2. The zero-order valence-electron chi connectivity index (χ0n) is 29.6. The number of furan rings is 2. The van der Waals surface area contributed by atoms with E-state index in [1.807, 2.05) is 48.5 Å². The van der Waals surface area contributed by atoms with Gasteiger partial charge in [0.1, 0.15) is 22.3 Å². The molecular weight excluding hydrogens is 689 g/mol. The molecule has 6 nitrogen and oxygen atoms in total. The van der Waals surface area contributed by atoms with Gasteiger partial charge in [-0.05, 0) is 84.9 Å². The van der Waals surface area contributed by atoms with E-state index in [0.29, 0.717) is 11.1 Å². The van der Waals surface area contributed by atoms with Crippen LogP contribution in [0.25, 0.3) is 110 Å². The van der Waals surface area contributed by atoms with E-state index in [1.54, 1.807) is 0 Å². The third kappa shape index (κ3) is 4.13. The molecule has 8 aromatic carbocycles. The quantitative estimate of drug-likeness (QED) is 0.182. The molecule has 0 fully saturated rings. The van der Waals surface area contributed by atoms with Crippen LogP contribution in [0.5, 0.6) is 0 Å². The van der Waals surface area contributed by atoms with E-state index in [0.717, 1.165) is 110 Å². The van der Waals surface area contributed by atoms with E-state index in [2.05, 4.69) is 130 Å². The zero-order chi connectivity index (χ0) is 37.1. The summed E-state index contributed by atoms with van der Waals surface area (Å²) in [5.41, 5.74) is 12.7. The lowest BCUT2D eigenvalue weighted by atomic mass is 10.00. The molecule has 0 atom stereocenters. The largest absolute Gasteiger partial charge is 0.455 e. The van der Waals surface area contributed by atoms with Crippen molar-refractivity contribution in [1.82, 2.24) is 9.13 Å². The van der Waals surface area contributed by atoms with Gasteiger partial charge in [0.25, 0.3) is 0 Å². The summed E-state index contributed by atoms with van der Waals surface area (Å²) in [5, 5.41) is 27.7. The Labute approximate surface area is 318 Å². The van der Waals surface area contributed by atoms with Gasteiger partial charge in [-0.15, -0.1) is 0 Å². The molecule has 0 saturated heterocycles. The predicted octanol–water partition coefficient (Wildman–Crippen LogP) is 13.1. The molecule has 0 bridgehead atoms. The van der Waals surface area contributed by atoms with Crippen LogP contribution in [0, 0.1) is 22.7 Å². The Morgan fingerprint density at radius 3 is 1.25 bits per heavy atom. The first kappa shape index (κ1) is 30.4. The summed E-state index contributed by atoms with van der Waals surface area (Å²) in [6, 6.07) is 58.4. The molecule has 12 aromatic rings. The molecule has 0 radical (unpaired) electrons. The molecule has 0 amide bonds. The normalized spacial score (nSPS) is 11.9. The molecule has 0 aliphatic rings. The standard InChI is InChI=1S/C50H26N4O2/c51-27-29-15-19-45-39(23-29)33-7-1-3-13-43(33)53(45)31-17-21-47-41(25-31)37-11-5-9-35(49(37)55-47)36-10-6-12-38-42-26-32(18-22-48(42)56-50(36)38)54-44-14-4-2-8-34(44)40-24-30(28-52)16-20-46(40)54/h1-26H. The van der Waals surface area contributed by atoms with Crippen LogP contribution in [-0.2, 0) is 0 Å². The molecule has 0 N–H and O–H groups in total. The van der Waals surface area contributed by atoms with Gasteiger partial charge in [0.2, 0.25) is 0 Å². The van der Waals surface area contributed by atoms with Gasteiger partial charge in [-0.1, -0.05) is 72.8 Å². The molecule has 6 heteroatoms. The molecule has 258 valence electrons. The Kier molecular flexibility index (Phi) is 6.10. The number of para-hydroxylation sites is 4. The van der Waals surface area contributed by atoms with Gasteiger partial charge in [0.15, 0.2) is 0 Å². The zero-order valence-corrected chi connectivity index (χ0v) is 29.6. The van der Waals surface area contributed by atoms with Crippen molar-refractivity contribution in [2.24, 2.45) is 0 Å². The Bertz CT molecular complexity index is 3500. The molecule has 0 unspecified atom stereocenters. The summed E-state index contributed by atoms with van der Waals surface area (Å²) in [5.74, 6) is 0. The Morgan fingerprint density at radius 1 is 0.357 bits per heavy atom. The highest BCUT2D eigenvalue weighted by Gasteiger charge is 2.20. The van der Waals surface area contributed by atoms with Gasteiger partial charge in [0, 0.05) is 65.6 Å². The van der Waals surface area contributed by atoms with Gasteiger partial charge in [-0.3, -0.25) is 0 Å². The smallest absolute Gasteiger partial charge is 0.143 e. The molecule has 4 aromatic heterocycles. The average Bonchev–Trinajstić information content (AvgIpc) is 4.00. The maximum atomic E-state index is 9.63. The van der Waals surface area contributed by atoms with Gasteiger partial charge >= 0.3 is 0 Å². The first-order valence-electron chi connectivity index (χ1n) is 18.5. The lowest BCUT2D eigenvalue weighted by Crippen LogP contribution is -1.93. The summed E-state index contributed by atoms with van der Waals surface area (Å²) in [6.07, 6.45) is 0. The summed E-state index contributed by atoms with van der Waals surface area (Å²) in [7, 11) is 0. The van der Waals surface area contributed by atoms with Crippen molar-refractivity contribution in [3.8, 4) is 34.6 Å². The van der Waals surface area contributed by atoms with Crippen LogP contribution in [-0.4, -0.2) is 9.13 Å². The third-order valence-corrected chi connectivity index (χ3v) is 11.4. The summed E-state index contributed by atoms with van der Waals surface area (Å²) < 4.78 is 17.9. The molecule has 0 aliphatic carbocycles. The van der Waals surface area contributed by atoms with Crippen molar-refractivity contribution in [3.05, 3.63) is 169 Å². The topological polar surface area (TPSA) is 83.7 Å². The minimum atomic E-state index is 0.642. The summed E-state index contributed by atoms with van der Waals surface area (Å²) in [4.78, 5) is 0. The molecule has 0 saturated carbocycles. The molecule has 56 heavy (non-hydrogen) atoms. The number of rotatable bonds is 3. The summed E-state index contributed by atoms with van der Waals surface area (Å²) >= 11 is 0. The van der Waals surface area contributed by atoms with Crippen LogP contribution in [0.4, 0.5) is 0 Å². The van der Waals surface area contributed by atoms with E-state index in [-0.39, 0.29) is 0 Å². The second-order valence-electron chi connectivity index (χ2n) is 14.3. The van der Waals surface area contributed by atoms with Crippen LogP contribution in [0.1, 0.15) is 11.1 Å². The van der Waals surface area contributed by atoms with Crippen molar-refractivity contribution >= 4 is 87.5 Å². The minimum absolute atomic E-state index is 0.642. The Balaban J connectivity index is 1.03. The van der Waals surface area contributed by atoms with E-state index < -0.39 is 0 Å². The lowest BCUT2D eigenvalue weighted by Gasteiger charge is -2.08. The van der Waals surface area contributed by atoms with E-state index in [9.17, 15) is 10.5 Å². The molecule has 12 rings (SSSR count). The third-order valence-electron chi connectivity index (χ3n) is 11.4. The number of nitriles is 2. The number of benzene rings is 8. The SMILES string of the molecule is N#Cc1ccc2c(c1)c1ccccc1n2-c1ccc2oc3c(-c4cccc5c4oc4ccc(-n6c7ccccc7c7cc(C#N)ccc76)cc45)cccc3c2c1. The van der Waals surface area contributed by atoms with Crippen LogP contribution < -0.4 is 0 Å². The predicted molar refractivity (Wildman–Crippen MR) is 225 cm³/mol. The van der Waals surface area contributed by atoms with Crippen LogP contribution >= 0.6 is 0 Å². The fraction of sp³-hybridized carbons (Fsp3) is 0. The minimum Gasteiger partial charge on any atom is -0.455 e. The maximum Gasteiger partial charge on any atom is 0.143 e. The van der Waals surface area contributed by atoms with Gasteiger partial charge < -0.3 is 18.0 Å². The summed E-state index contributed by atoms with van der Waals surface area (Å²) in [6.45, 7) is 0. The van der Waals surface area contributed by atoms with Crippen molar-refractivity contribution in [1.29, 1.82) is 10.5 Å². The van der Waals surface area contributed by atoms with Crippen molar-refractivity contribution in [2.45, 2.75) is 0 Å². The van der Waals surface area contributed by atoms with Crippen LogP contribution in [0.2, 0.25) is 0 Å². The van der Waals surface area contributed by atoms with E-state index >= 15 is 0 Å². The van der Waals surface area contributed by atoms with Gasteiger partial charge in [0.05, 0.1) is 45.3 Å². The van der Waals surface area contributed by atoms with E-state index in [1.165, 1.54) is 0 Å². The number of aromatic nitrogens is 2. The second-order valence-corrected chi connectivity index (χ2v) is 14.3. The average molecular weight is 715 g/mol. The fourth-order valence-electron chi connectivity index (χ4n) is 8.92. The second kappa shape index (κ2) is 11.2.